The van der Waals surface area contributed by atoms with E-state index in [0.29, 0.717) is 5.56 Å². The van der Waals surface area contributed by atoms with E-state index in [9.17, 15) is 9.90 Å². The van der Waals surface area contributed by atoms with Gasteiger partial charge in [-0.05, 0) is 23.2 Å². The predicted molar refractivity (Wildman–Crippen MR) is 52.3 cm³/mol. The number of benzene rings is 1. The number of phenols is 1. The van der Waals surface area contributed by atoms with Crippen LogP contribution in [0.15, 0.2) is 23.3 Å². The SMILES string of the molecule is COC(=O)c1ccc(CN=[N+]=[N-])cc1O. The Morgan fingerprint density at radius 3 is 2.93 bits per heavy atom. The van der Waals surface area contributed by atoms with Crippen molar-refractivity contribution >= 4 is 5.97 Å². The summed E-state index contributed by atoms with van der Waals surface area (Å²) in [6.07, 6.45) is 0. The summed E-state index contributed by atoms with van der Waals surface area (Å²) in [5.41, 5.74) is 8.81. The normalized spacial score (nSPS) is 9.13. The molecule has 0 heterocycles. The molecular formula is C9H9N3O3. The second-order valence-electron chi connectivity index (χ2n) is 2.73. The lowest BCUT2D eigenvalue weighted by atomic mass is 10.1. The van der Waals surface area contributed by atoms with Gasteiger partial charge in [-0.25, -0.2) is 4.79 Å². The predicted octanol–water partition coefficient (Wildman–Crippen LogP) is 1.99. The van der Waals surface area contributed by atoms with Gasteiger partial charge in [-0.3, -0.25) is 0 Å². The van der Waals surface area contributed by atoms with E-state index in [4.69, 9.17) is 5.53 Å². The van der Waals surface area contributed by atoms with Crippen LogP contribution < -0.4 is 0 Å². The largest absolute Gasteiger partial charge is 0.507 e. The number of nitrogens with zero attached hydrogens (tertiary/aromatic N) is 3. The highest BCUT2D eigenvalue weighted by Crippen LogP contribution is 2.20. The van der Waals surface area contributed by atoms with E-state index in [1.807, 2.05) is 0 Å². The molecule has 0 aromatic heterocycles. The number of aromatic hydroxyl groups is 1. The molecule has 0 atom stereocenters. The molecule has 0 aliphatic rings. The van der Waals surface area contributed by atoms with Crippen molar-refractivity contribution in [3.8, 4) is 5.75 Å². The van der Waals surface area contributed by atoms with Crippen molar-refractivity contribution in [2.24, 2.45) is 5.11 Å². The van der Waals surface area contributed by atoms with Gasteiger partial charge in [-0.1, -0.05) is 11.2 Å². The highest BCUT2D eigenvalue weighted by atomic mass is 16.5. The van der Waals surface area contributed by atoms with Crippen LogP contribution in [0.3, 0.4) is 0 Å². The van der Waals surface area contributed by atoms with Crippen LogP contribution in [-0.2, 0) is 11.3 Å². The Hall–Kier alpha value is -2.20. The van der Waals surface area contributed by atoms with Crippen LogP contribution in [-0.4, -0.2) is 18.2 Å². The number of carbonyl (C=O) groups is 1. The van der Waals surface area contributed by atoms with Crippen LogP contribution in [0.4, 0.5) is 0 Å². The number of esters is 1. The molecule has 0 saturated heterocycles. The summed E-state index contributed by atoms with van der Waals surface area (Å²) < 4.78 is 4.46. The van der Waals surface area contributed by atoms with Gasteiger partial charge in [0, 0.05) is 4.91 Å². The van der Waals surface area contributed by atoms with Crippen LogP contribution in [0.1, 0.15) is 15.9 Å². The van der Waals surface area contributed by atoms with E-state index in [1.54, 1.807) is 6.07 Å². The summed E-state index contributed by atoms with van der Waals surface area (Å²) in [7, 11) is 1.23. The number of ether oxygens (including phenoxy) is 1. The molecule has 6 nitrogen and oxygen atoms in total. The molecule has 15 heavy (non-hydrogen) atoms. The summed E-state index contributed by atoms with van der Waals surface area (Å²) in [4.78, 5) is 13.7. The van der Waals surface area contributed by atoms with Crippen molar-refractivity contribution in [1.29, 1.82) is 0 Å². The molecule has 0 radical (unpaired) electrons. The summed E-state index contributed by atoms with van der Waals surface area (Å²) in [5, 5.41) is 12.8. The van der Waals surface area contributed by atoms with Crippen molar-refractivity contribution in [2.45, 2.75) is 6.54 Å². The molecule has 0 bridgehead atoms. The fourth-order valence-electron chi connectivity index (χ4n) is 1.07. The molecular weight excluding hydrogens is 198 g/mol. The molecule has 0 aliphatic heterocycles. The topological polar surface area (TPSA) is 95.3 Å². The fourth-order valence-corrected chi connectivity index (χ4v) is 1.07. The number of methoxy groups -OCH3 is 1. The molecule has 0 amide bonds. The van der Waals surface area contributed by atoms with E-state index in [2.05, 4.69) is 14.8 Å². The van der Waals surface area contributed by atoms with Crippen molar-refractivity contribution in [2.75, 3.05) is 7.11 Å². The van der Waals surface area contributed by atoms with Crippen molar-refractivity contribution in [3.05, 3.63) is 39.8 Å². The van der Waals surface area contributed by atoms with E-state index < -0.39 is 5.97 Å². The van der Waals surface area contributed by atoms with Gasteiger partial charge >= 0.3 is 5.97 Å². The average molecular weight is 207 g/mol. The maximum Gasteiger partial charge on any atom is 0.341 e. The molecule has 1 rings (SSSR count). The molecule has 1 aromatic carbocycles. The zero-order valence-corrected chi connectivity index (χ0v) is 8.04. The summed E-state index contributed by atoms with van der Waals surface area (Å²) in [6.45, 7) is 0.130. The summed E-state index contributed by atoms with van der Waals surface area (Å²) >= 11 is 0. The third kappa shape index (κ3) is 2.62. The minimum atomic E-state index is -0.608. The highest BCUT2D eigenvalue weighted by Gasteiger charge is 2.10. The van der Waals surface area contributed by atoms with E-state index in [1.165, 1.54) is 19.2 Å². The van der Waals surface area contributed by atoms with E-state index >= 15 is 0 Å². The Kier molecular flexibility index (Phi) is 3.54. The Morgan fingerprint density at radius 2 is 2.40 bits per heavy atom. The lowest BCUT2D eigenvalue weighted by molar-refractivity contribution is 0.0597. The van der Waals surface area contributed by atoms with Crippen molar-refractivity contribution < 1.29 is 14.6 Å². The molecule has 0 unspecified atom stereocenters. The number of carbonyl (C=O) groups excluding carboxylic acids is 1. The highest BCUT2D eigenvalue weighted by molar-refractivity contribution is 5.92. The average Bonchev–Trinajstić information content (AvgIpc) is 2.25. The van der Waals surface area contributed by atoms with Gasteiger partial charge in [0.1, 0.15) is 11.3 Å². The second kappa shape index (κ2) is 4.88. The third-order valence-corrected chi connectivity index (χ3v) is 1.78. The zero-order valence-electron chi connectivity index (χ0n) is 8.04. The quantitative estimate of drug-likeness (QED) is 0.355. The number of rotatable bonds is 3. The van der Waals surface area contributed by atoms with Crippen LogP contribution in [0, 0.1) is 0 Å². The van der Waals surface area contributed by atoms with Crippen LogP contribution >= 0.6 is 0 Å². The first-order valence-corrected chi connectivity index (χ1v) is 4.10. The van der Waals surface area contributed by atoms with Gasteiger partial charge < -0.3 is 9.84 Å². The van der Waals surface area contributed by atoms with Crippen LogP contribution in [0.5, 0.6) is 5.75 Å². The van der Waals surface area contributed by atoms with Gasteiger partial charge in [0.05, 0.1) is 13.7 Å². The second-order valence-corrected chi connectivity index (χ2v) is 2.73. The maximum absolute atomic E-state index is 11.1. The van der Waals surface area contributed by atoms with Crippen LogP contribution in [0.25, 0.3) is 10.4 Å². The fraction of sp³-hybridized carbons (Fsp3) is 0.222. The monoisotopic (exact) mass is 207 g/mol. The van der Waals surface area contributed by atoms with Gasteiger partial charge in [0.15, 0.2) is 0 Å². The van der Waals surface area contributed by atoms with Gasteiger partial charge in [-0.2, -0.15) is 0 Å². The molecule has 0 fully saturated rings. The lowest BCUT2D eigenvalue weighted by Crippen LogP contribution is -2.01. The summed E-state index contributed by atoms with van der Waals surface area (Å²) in [5.74, 6) is -0.796. The first-order chi connectivity index (χ1) is 7.19. The lowest BCUT2D eigenvalue weighted by Gasteiger charge is -2.03. The third-order valence-electron chi connectivity index (χ3n) is 1.78. The number of azide groups is 1. The molecule has 0 spiro atoms. The standard InChI is InChI=1S/C9H9N3O3/c1-15-9(14)7-3-2-6(4-8(7)13)5-11-12-10/h2-4,13H,5H2,1H3. The van der Waals surface area contributed by atoms with E-state index in [0.717, 1.165) is 0 Å². The first kappa shape index (κ1) is 10.9. The number of hydrogen-bond donors (Lipinski definition) is 1. The summed E-state index contributed by atoms with van der Waals surface area (Å²) in [6, 6.07) is 4.37. The Bertz CT molecular complexity index is 425. The van der Waals surface area contributed by atoms with Gasteiger partial charge in [0.25, 0.3) is 0 Å². The molecule has 6 heteroatoms. The minimum Gasteiger partial charge on any atom is -0.507 e. The first-order valence-electron chi connectivity index (χ1n) is 4.10. The van der Waals surface area contributed by atoms with E-state index in [-0.39, 0.29) is 17.9 Å². The molecule has 1 aromatic rings. The van der Waals surface area contributed by atoms with Gasteiger partial charge in [-0.15, -0.1) is 0 Å². The zero-order chi connectivity index (χ0) is 11.3. The Labute approximate surface area is 85.7 Å². The minimum absolute atomic E-state index is 0.0854. The Morgan fingerprint density at radius 1 is 1.67 bits per heavy atom. The van der Waals surface area contributed by atoms with Crippen molar-refractivity contribution in [1.82, 2.24) is 0 Å². The number of hydrogen-bond acceptors (Lipinski definition) is 4. The van der Waals surface area contributed by atoms with Crippen LogP contribution in [0.2, 0.25) is 0 Å². The smallest absolute Gasteiger partial charge is 0.341 e. The molecule has 1 N–H and O–H groups in total. The van der Waals surface area contributed by atoms with Crippen molar-refractivity contribution in [3.63, 3.8) is 0 Å². The maximum atomic E-state index is 11.1. The van der Waals surface area contributed by atoms with Gasteiger partial charge in [0.2, 0.25) is 0 Å². The number of phenolic OH excluding ortho intramolecular Hbond substituents is 1. The Balaban J connectivity index is 2.97. The molecule has 0 saturated carbocycles. The molecule has 0 aliphatic carbocycles. The molecule has 78 valence electrons.